The summed E-state index contributed by atoms with van der Waals surface area (Å²) in [5.74, 6) is 0. The highest BCUT2D eigenvalue weighted by atomic mass is 15.2. The van der Waals surface area contributed by atoms with E-state index in [0.717, 1.165) is 10.8 Å². The van der Waals surface area contributed by atoms with E-state index in [1.165, 1.54) is 12.8 Å². The van der Waals surface area contributed by atoms with Crippen LogP contribution in [0.4, 0.5) is 0 Å². The lowest BCUT2D eigenvalue weighted by Gasteiger charge is -2.14. The van der Waals surface area contributed by atoms with Gasteiger partial charge in [0.1, 0.15) is 0 Å². The minimum atomic E-state index is 0.844. The second kappa shape index (κ2) is 7.14. The molecule has 0 fully saturated rings. The molecule has 0 rings (SSSR count). The maximum Gasteiger partial charge on any atom is 0.0675 e. The molecule has 1 nitrogen and oxygen atoms in total. The highest BCUT2D eigenvalue weighted by Gasteiger charge is 1.88. The van der Waals surface area contributed by atoms with Gasteiger partial charge in [-0.1, -0.05) is 26.1 Å². The normalized spacial score (nSPS) is 10.1. The van der Waals surface area contributed by atoms with Crippen molar-refractivity contribution in [2.75, 3.05) is 28.2 Å². The first-order chi connectivity index (χ1) is 4.41. The zero-order valence-corrected chi connectivity index (χ0v) is 8.15. The number of quaternary nitrogens is 1. The van der Waals surface area contributed by atoms with Gasteiger partial charge in [0.15, 0.2) is 0 Å². The van der Waals surface area contributed by atoms with E-state index in [4.69, 9.17) is 7.85 Å². The van der Waals surface area contributed by atoms with Crippen molar-refractivity contribution in [3.05, 3.63) is 0 Å². The largest absolute Gasteiger partial charge is 0.333 e. The minimum Gasteiger partial charge on any atom is -0.333 e. The Labute approximate surface area is 67.4 Å². The summed E-state index contributed by atoms with van der Waals surface area (Å²) in [5.41, 5.74) is 0. The van der Waals surface area contributed by atoms with Gasteiger partial charge in [-0.15, -0.1) is 0 Å². The Hall–Kier alpha value is 0.0249. The Morgan fingerprint density at radius 2 is 1.40 bits per heavy atom. The molecule has 0 spiro atoms. The number of hydrogen-bond donors (Lipinski definition) is 0. The van der Waals surface area contributed by atoms with Crippen molar-refractivity contribution in [1.29, 1.82) is 0 Å². The third kappa shape index (κ3) is 96.6. The first kappa shape index (κ1) is 12.7. The quantitative estimate of drug-likeness (QED) is 0.406. The molecular formula is C8H21BN+. The van der Waals surface area contributed by atoms with Crippen LogP contribution in [0.1, 0.15) is 19.8 Å². The topological polar surface area (TPSA) is 0 Å². The molecule has 10 heavy (non-hydrogen) atoms. The van der Waals surface area contributed by atoms with Crippen LogP contribution in [0.25, 0.3) is 0 Å². The lowest BCUT2D eigenvalue weighted by molar-refractivity contribution is -0.849. The molecule has 0 aliphatic rings. The van der Waals surface area contributed by atoms with E-state index in [2.05, 4.69) is 35.1 Å². The predicted octanol–water partition coefficient (Wildman–Crippen LogP) is 1.70. The maximum atomic E-state index is 5.14. The maximum absolute atomic E-state index is 5.14. The van der Waals surface area contributed by atoms with Gasteiger partial charge in [-0.2, -0.15) is 0 Å². The summed E-state index contributed by atoms with van der Waals surface area (Å²) in [5, 5.41) is 0. The van der Waals surface area contributed by atoms with Gasteiger partial charge in [-0.25, -0.2) is 0 Å². The third-order valence-corrected chi connectivity index (χ3v) is 0.558. The smallest absolute Gasteiger partial charge is 0.0675 e. The molecule has 0 saturated heterocycles. The highest BCUT2D eigenvalue weighted by Crippen LogP contribution is 1.86. The van der Waals surface area contributed by atoms with Crippen LogP contribution in [-0.2, 0) is 0 Å². The molecule has 0 heterocycles. The molecule has 2 radical (unpaired) electrons. The van der Waals surface area contributed by atoms with Gasteiger partial charge in [-0.3, -0.25) is 0 Å². The molecule has 60 valence electrons. The minimum absolute atomic E-state index is 0.844. The van der Waals surface area contributed by atoms with Gasteiger partial charge in [0.2, 0.25) is 0 Å². The van der Waals surface area contributed by atoms with Crippen LogP contribution in [0.5, 0.6) is 0 Å². The summed E-state index contributed by atoms with van der Waals surface area (Å²) >= 11 is 0. The van der Waals surface area contributed by atoms with Crippen molar-refractivity contribution in [2.45, 2.75) is 26.1 Å². The van der Waals surface area contributed by atoms with Crippen LogP contribution in [0.3, 0.4) is 0 Å². The zero-order valence-electron chi connectivity index (χ0n) is 8.15. The average Bonchev–Trinajstić information content (AvgIpc) is 1.63. The van der Waals surface area contributed by atoms with Gasteiger partial charge >= 0.3 is 0 Å². The van der Waals surface area contributed by atoms with Crippen molar-refractivity contribution in [1.82, 2.24) is 0 Å². The Bertz CT molecular complexity index is 48.8. The van der Waals surface area contributed by atoms with Crippen LogP contribution in [0, 0.1) is 0 Å². The van der Waals surface area contributed by atoms with Crippen molar-refractivity contribution in [3.8, 4) is 0 Å². The van der Waals surface area contributed by atoms with Crippen molar-refractivity contribution >= 4 is 7.85 Å². The van der Waals surface area contributed by atoms with Gasteiger partial charge < -0.3 is 4.48 Å². The molecule has 0 atom stereocenters. The average molecular weight is 142 g/mol. The fourth-order valence-electron chi connectivity index (χ4n) is 0.204. The molecule has 0 aromatic carbocycles. The SMILES string of the molecule is C[N+](C)(C)C.[B]CCCC. The second-order valence-corrected chi connectivity index (χ2v) is 3.83. The number of rotatable bonds is 2. The molecule has 0 aromatic rings. The number of nitrogens with zero attached hydrogens (tertiary/aromatic N) is 1. The van der Waals surface area contributed by atoms with E-state index in [-0.39, 0.29) is 0 Å². The predicted molar refractivity (Wildman–Crippen MR) is 49.4 cm³/mol. The molecule has 0 unspecified atom stereocenters. The molecular weight excluding hydrogens is 121 g/mol. The lowest BCUT2D eigenvalue weighted by atomic mass is 10.0. The van der Waals surface area contributed by atoms with Crippen molar-refractivity contribution < 1.29 is 4.48 Å². The summed E-state index contributed by atoms with van der Waals surface area (Å²) in [7, 11) is 13.6. The monoisotopic (exact) mass is 142 g/mol. The van der Waals surface area contributed by atoms with Gasteiger partial charge in [0.05, 0.1) is 36.0 Å². The Balaban J connectivity index is 0. The molecule has 0 bridgehead atoms. The first-order valence-electron chi connectivity index (χ1n) is 3.90. The zero-order chi connectivity index (χ0) is 8.62. The number of unbranched alkanes of at least 4 members (excludes halogenated alkanes) is 1. The third-order valence-electron chi connectivity index (χ3n) is 0.558. The van der Waals surface area contributed by atoms with E-state index in [9.17, 15) is 0 Å². The van der Waals surface area contributed by atoms with Crippen LogP contribution in [0.15, 0.2) is 0 Å². The van der Waals surface area contributed by atoms with E-state index in [1.807, 2.05) is 0 Å². The molecule has 0 aliphatic heterocycles. The van der Waals surface area contributed by atoms with Crippen LogP contribution in [0.2, 0.25) is 6.32 Å². The highest BCUT2D eigenvalue weighted by molar-refractivity contribution is 6.08. The van der Waals surface area contributed by atoms with Crippen LogP contribution in [-0.4, -0.2) is 40.5 Å². The van der Waals surface area contributed by atoms with Crippen molar-refractivity contribution in [2.24, 2.45) is 0 Å². The summed E-state index contributed by atoms with van der Waals surface area (Å²) in [4.78, 5) is 0. The Kier molecular flexibility index (Phi) is 9.05. The molecule has 0 amide bonds. The van der Waals surface area contributed by atoms with Gasteiger partial charge in [0, 0.05) is 0 Å². The summed E-state index contributed by atoms with van der Waals surface area (Å²) in [6.07, 6.45) is 3.23. The second-order valence-electron chi connectivity index (χ2n) is 3.83. The van der Waals surface area contributed by atoms with E-state index < -0.39 is 0 Å². The van der Waals surface area contributed by atoms with Crippen LogP contribution >= 0.6 is 0 Å². The van der Waals surface area contributed by atoms with E-state index in [0.29, 0.717) is 0 Å². The van der Waals surface area contributed by atoms with Crippen molar-refractivity contribution in [3.63, 3.8) is 0 Å². The standard InChI is InChI=1S/C4H9B.C4H12N/c1-2-3-4-5;1-5(2,3)4/h2-4H2,1H3;1-4H3/q;+1. The van der Waals surface area contributed by atoms with Gasteiger partial charge in [0.25, 0.3) is 0 Å². The summed E-state index contributed by atoms with van der Waals surface area (Å²) < 4.78 is 1.00. The van der Waals surface area contributed by atoms with E-state index in [1.54, 1.807) is 0 Å². The Morgan fingerprint density at radius 3 is 1.40 bits per heavy atom. The molecule has 0 aromatic heterocycles. The first-order valence-corrected chi connectivity index (χ1v) is 3.90. The fraction of sp³-hybridized carbons (Fsp3) is 1.00. The molecule has 2 heteroatoms. The number of hydrogen-bond acceptors (Lipinski definition) is 0. The fourth-order valence-corrected chi connectivity index (χ4v) is 0.204. The molecule has 0 N–H and O–H groups in total. The summed E-state index contributed by atoms with van der Waals surface area (Å²) in [6, 6.07) is 0. The molecule has 0 saturated carbocycles. The van der Waals surface area contributed by atoms with Crippen LogP contribution < -0.4 is 0 Å². The van der Waals surface area contributed by atoms with E-state index >= 15 is 0 Å². The Morgan fingerprint density at radius 1 is 1.10 bits per heavy atom. The molecule has 0 aliphatic carbocycles. The summed E-state index contributed by atoms with van der Waals surface area (Å²) in [6.45, 7) is 2.13. The van der Waals surface area contributed by atoms with Gasteiger partial charge in [-0.05, 0) is 0 Å². The lowest BCUT2D eigenvalue weighted by Crippen LogP contribution is -2.27.